The van der Waals surface area contributed by atoms with Crippen LogP contribution in [0.25, 0.3) is 0 Å². The van der Waals surface area contributed by atoms with Crippen LogP contribution in [0.3, 0.4) is 0 Å². The molecule has 0 saturated carbocycles. The van der Waals surface area contributed by atoms with E-state index >= 15 is 0 Å². The summed E-state index contributed by atoms with van der Waals surface area (Å²) in [5.74, 6) is -0.311. The van der Waals surface area contributed by atoms with Gasteiger partial charge in [-0.1, -0.05) is 48.5 Å². The number of rotatable bonds is 8. The van der Waals surface area contributed by atoms with Crippen molar-refractivity contribution >= 4 is 11.6 Å². The van der Waals surface area contributed by atoms with E-state index in [1.165, 1.54) is 12.1 Å². The Balaban J connectivity index is 1.55. The number of hydrogen-bond acceptors (Lipinski definition) is 4. The van der Waals surface area contributed by atoms with Gasteiger partial charge in [0.05, 0.1) is 30.7 Å². The summed E-state index contributed by atoms with van der Waals surface area (Å²) >= 11 is 0. The Bertz CT molecular complexity index is 1080. The van der Waals surface area contributed by atoms with Crippen LogP contribution < -0.4 is 0 Å². The van der Waals surface area contributed by atoms with Crippen LogP contribution in [0.4, 0.5) is 4.39 Å². The van der Waals surface area contributed by atoms with Crippen LogP contribution >= 0.6 is 0 Å². The van der Waals surface area contributed by atoms with Gasteiger partial charge in [-0.2, -0.15) is 5.10 Å². The van der Waals surface area contributed by atoms with Crippen molar-refractivity contribution in [3.05, 3.63) is 101 Å². The Hall–Kier alpha value is -3.38. The summed E-state index contributed by atoms with van der Waals surface area (Å²) in [5, 5.41) is 6.31. The minimum absolute atomic E-state index is 0.0254. The zero-order valence-electron chi connectivity index (χ0n) is 18.1. The summed E-state index contributed by atoms with van der Waals surface area (Å²) in [6, 6.07) is 21.9. The van der Waals surface area contributed by atoms with Crippen molar-refractivity contribution in [2.75, 3.05) is 6.61 Å². The molecular weight excluding hydrogens is 405 g/mol. The van der Waals surface area contributed by atoms with Gasteiger partial charge in [0.25, 0.3) is 0 Å². The molecule has 1 amide bonds. The van der Waals surface area contributed by atoms with Gasteiger partial charge in [0, 0.05) is 18.5 Å². The third-order valence-electron chi connectivity index (χ3n) is 5.41. The zero-order valence-corrected chi connectivity index (χ0v) is 18.1. The van der Waals surface area contributed by atoms with Gasteiger partial charge in [-0.05, 0) is 48.7 Å². The molecule has 0 aliphatic carbocycles. The van der Waals surface area contributed by atoms with Crippen molar-refractivity contribution in [3.8, 4) is 0 Å². The lowest BCUT2D eigenvalue weighted by Crippen LogP contribution is -2.33. The summed E-state index contributed by atoms with van der Waals surface area (Å²) in [7, 11) is 0. The molecule has 32 heavy (non-hydrogen) atoms. The highest BCUT2D eigenvalue weighted by molar-refractivity contribution is 6.01. The van der Waals surface area contributed by atoms with Crippen LogP contribution in [0, 0.1) is 12.7 Å². The van der Waals surface area contributed by atoms with E-state index in [9.17, 15) is 9.18 Å². The van der Waals surface area contributed by atoms with Gasteiger partial charge in [-0.15, -0.1) is 0 Å². The lowest BCUT2D eigenvalue weighted by Gasteiger charge is -2.21. The number of aryl methyl sites for hydroxylation is 1. The summed E-state index contributed by atoms with van der Waals surface area (Å²) in [6.07, 6.45) is 1.58. The minimum Gasteiger partial charge on any atom is -0.375 e. The Kier molecular flexibility index (Phi) is 7.02. The maximum atomic E-state index is 13.4. The molecule has 0 unspecified atom stereocenters. The average Bonchev–Trinajstić information content (AvgIpc) is 3.15. The van der Waals surface area contributed by atoms with Crippen molar-refractivity contribution in [3.63, 3.8) is 0 Å². The number of benzene rings is 2. The minimum atomic E-state index is -0.286. The maximum Gasteiger partial charge on any atom is 0.243 e. The van der Waals surface area contributed by atoms with Gasteiger partial charge in [-0.25, -0.2) is 9.40 Å². The van der Waals surface area contributed by atoms with Crippen LogP contribution in [0.1, 0.15) is 35.4 Å². The zero-order chi connectivity index (χ0) is 22.3. The first kappa shape index (κ1) is 21.8. The van der Waals surface area contributed by atoms with E-state index in [0.717, 1.165) is 16.8 Å². The molecule has 5 nitrogen and oxygen atoms in total. The third-order valence-corrected chi connectivity index (χ3v) is 5.41. The normalized spacial score (nSPS) is 16.6. The van der Waals surface area contributed by atoms with E-state index < -0.39 is 0 Å². The third kappa shape index (κ3) is 5.65. The fourth-order valence-electron chi connectivity index (χ4n) is 3.72. The van der Waals surface area contributed by atoms with E-state index in [4.69, 9.17) is 9.84 Å². The van der Waals surface area contributed by atoms with Crippen LogP contribution in [0.15, 0.2) is 77.9 Å². The molecule has 164 valence electrons. The largest absolute Gasteiger partial charge is 0.375 e. The van der Waals surface area contributed by atoms with Crippen LogP contribution in [-0.2, 0) is 22.6 Å². The molecule has 1 aliphatic heterocycles. The van der Waals surface area contributed by atoms with E-state index in [-0.39, 0.29) is 17.8 Å². The molecule has 1 saturated heterocycles. The molecule has 1 atom stereocenters. The number of ether oxygens (including phenoxy) is 1. The first-order valence-corrected chi connectivity index (χ1v) is 10.8. The van der Waals surface area contributed by atoms with E-state index in [1.54, 1.807) is 17.1 Å². The van der Waals surface area contributed by atoms with Crippen molar-refractivity contribution in [2.45, 2.75) is 38.8 Å². The van der Waals surface area contributed by atoms with Crippen molar-refractivity contribution < 1.29 is 13.9 Å². The lowest BCUT2D eigenvalue weighted by molar-refractivity contribution is -0.129. The van der Waals surface area contributed by atoms with Crippen LogP contribution in [-0.4, -0.2) is 34.3 Å². The highest BCUT2D eigenvalue weighted by Gasteiger charge is 2.32. The van der Waals surface area contributed by atoms with Gasteiger partial charge in [0.15, 0.2) is 0 Å². The Morgan fingerprint density at radius 1 is 1.06 bits per heavy atom. The maximum absolute atomic E-state index is 13.4. The number of halogens is 1. The first-order valence-electron chi connectivity index (χ1n) is 10.8. The quantitative estimate of drug-likeness (QED) is 0.487. The number of hydrogen-bond donors (Lipinski definition) is 0. The highest BCUT2D eigenvalue weighted by Crippen LogP contribution is 2.22. The number of hydrazone groups is 1. The average molecular weight is 432 g/mol. The van der Waals surface area contributed by atoms with Crippen LogP contribution in [0.2, 0.25) is 0 Å². The predicted molar refractivity (Wildman–Crippen MR) is 122 cm³/mol. The number of nitrogens with zero attached hydrogens (tertiary/aromatic N) is 3. The van der Waals surface area contributed by atoms with Crippen LogP contribution in [0.5, 0.6) is 0 Å². The van der Waals surface area contributed by atoms with E-state index in [2.05, 4.69) is 4.98 Å². The molecular formula is C26H26FN3O2. The second-order valence-corrected chi connectivity index (χ2v) is 7.95. The molecule has 2 aromatic carbocycles. The molecule has 6 heteroatoms. The monoisotopic (exact) mass is 431 g/mol. The second kappa shape index (κ2) is 10.3. The van der Waals surface area contributed by atoms with Gasteiger partial charge < -0.3 is 4.74 Å². The fourth-order valence-corrected chi connectivity index (χ4v) is 3.72. The SMILES string of the molecule is Cc1cccc(C(Cc2ccc(F)cc2)=NN2C(=O)CC[C@H]2COCc2ccccc2)n1. The number of carbonyl (C=O) groups is 1. The summed E-state index contributed by atoms with van der Waals surface area (Å²) in [5.41, 5.74) is 4.23. The smallest absolute Gasteiger partial charge is 0.243 e. The highest BCUT2D eigenvalue weighted by atomic mass is 19.1. The predicted octanol–water partition coefficient (Wildman–Crippen LogP) is 4.68. The molecule has 1 aliphatic rings. The second-order valence-electron chi connectivity index (χ2n) is 7.95. The summed E-state index contributed by atoms with van der Waals surface area (Å²) in [4.78, 5) is 17.2. The van der Waals surface area contributed by atoms with E-state index in [0.29, 0.717) is 43.9 Å². The molecule has 3 aromatic rings. The Morgan fingerprint density at radius 2 is 1.84 bits per heavy atom. The van der Waals surface area contributed by atoms with E-state index in [1.807, 2.05) is 55.5 Å². The molecule has 1 aromatic heterocycles. The fraction of sp³-hybridized carbons (Fsp3) is 0.269. The van der Waals surface area contributed by atoms with Crippen molar-refractivity contribution in [2.24, 2.45) is 5.10 Å². The standard InChI is InChI=1S/C26H26FN3O2/c1-19-6-5-9-24(28-19)25(16-20-10-12-22(27)13-11-20)29-30-23(14-15-26(30)31)18-32-17-21-7-3-2-4-8-21/h2-13,23H,14-18H2,1H3/t23-/m0/s1. The molecule has 0 radical (unpaired) electrons. The van der Waals surface area contributed by atoms with Gasteiger partial charge in [0.1, 0.15) is 5.82 Å². The molecule has 2 heterocycles. The number of amides is 1. The lowest BCUT2D eigenvalue weighted by atomic mass is 10.1. The molecule has 0 N–H and O–H groups in total. The first-order chi connectivity index (χ1) is 15.6. The Labute approximate surface area is 187 Å². The number of pyridine rings is 1. The molecule has 0 spiro atoms. The molecule has 4 rings (SSSR count). The Morgan fingerprint density at radius 3 is 2.59 bits per heavy atom. The van der Waals surface area contributed by atoms with Gasteiger partial charge in [-0.3, -0.25) is 9.78 Å². The topological polar surface area (TPSA) is 54.8 Å². The summed E-state index contributed by atoms with van der Waals surface area (Å²) in [6.45, 7) is 2.82. The van der Waals surface area contributed by atoms with Crippen molar-refractivity contribution in [1.29, 1.82) is 0 Å². The number of aromatic nitrogens is 1. The van der Waals surface area contributed by atoms with Crippen molar-refractivity contribution in [1.82, 2.24) is 9.99 Å². The van der Waals surface area contributed by atoms with Gasteiger partial charge in [0.2, 0.25) is 5.91 Å². The number of carbonyl (C=O) groups excluding carboxylic acids is 1. The van der Waals surface area contributed by atoms with Gasteiger partial charge >= 0.3 is 0 Å². The molecule has 1 fully saturated rings. The molecule has 0 bridgehead atoms. The summed E-state index contributed by atoms with van der Waals surface area (Å²) < 4.78 is 19.3.